The first-order valence-corrected chi connectivity index (χ1v) is 8.83. The molecule has 0 spiro atoms. The van der Waals surface area contributed by atoms with Crippen LogP contribution in [-0.2, 0) is 6.54 Å². The Kier molecular flexibility index (Phi) is 4.48. The van der Waals surface area contributed by atoms with Crippen LogP contribution in [0.2, 0.25) is 0 Å². The molecule has 1 saturated heterocycles. The number of likely N-dealkylation sites (tertiary alicyclic amines) is 1. The Morgan fingerprint density at radius 2 is 1.84 bits per heavy atom. The van der Waals surface area contributed by atoms with Gasteiger partial charge in [-0.05, 0) is 56.3 Å². The van der Waals surface area contributed by atoms with Gasteiger partial charge in [0.1, 0.15) is 0 Å². The van der Waals surface area contributed by atoms with Crippen molar-refractivity contribution < 1.29 is 4.79 Å². The smallest absolute Gasteiger partial charge is 0.255 e. The zero-order chi connectivity index (χ0) is 17.1. The summed E-state index contributed by atoms with van der Waals surface area (Å²) in [6, 6.07) is 15.2. The summed E-state index contributed by atoms with van der Waals surface area (Å²) >= 11 is 0. The molecule has 0 saturated carbocycles. The average molecular weight is 334 g/mol. The molecule has 5 nitrogen and oxygen atoms in total. The number of benzene rings is 2. The summed E-state index contributed by atoms with van der Waals surface area (Å²) in [7, 11) is 0. The summed E-state index contributed by atoms with van der Waals surface area (Å²) in [4.78, 5) is 19.4. The number of carbonyl (C=O) groups is 1. The number of nitrogens with zero attached hydrogens (tertiary/aromatic N) is 3. The number of rotatable bonds is 5. The highest BCUT2D eigenvalue weighted by Gasteiger charge is 2.13. The maximum absolute atomic E-state index is 12.4. The lowest BCUT2D eigenvalue weighted by atomic mass is 10.2. The second-order valence-electron chi connectivity index (χ2n) is 6.51. The highest BCUT2D eigenvalue weighted by Crippen LogP contribution is 2.17. The van der Waals surface area contributed by atoms with Crippen molar-refractivity contribution in [2.45, 2.75) is 19.4 Å². The molecule has 1 aromatic heterocycles. The lowest BCUT2D eigenvalue weighted by molar-refractivity contribution is 0.102. The Balaban J connectivity index is 1.48. The van der Waals surface area contributed by atoms with Crippen LogP contribution in [0.25, 0.3) is 11.0 Å². The Morgan fingerprint density at radius 1 is 1.04 bits per heavy atom. The molecule has 4 rings (SSSR count). The van der Waals surface area contributed by atoms with Crippen LogP contribution in [0.15, 0.2) is 54.9 Å². The van der Waals surface area contributed by atoms with Crippen LogP contribution >= 0.6 is 0 Å². The number of fused-ring (bicyclic) bond motifs is 1. The third-order valence-electron chi connectivity index (χ3n) is 4.77. The minimum atomic E-state index is -0.111. The maximum Gasteiger partial charge on any atom is 0.255 e. The van der Waals surface area contributed by atoms with Crippen molar-refractivity contribution in [2.24, 2.45) is 0 Å². The summed E-state index contributed by atoms with van der Waals surface area (Å²) in [5.41, 5.74) is 3.36. The van der Waals surface area contributed by atoms with E-state index < -0.39 is 0 Å². The van der Waals surface area contributed by atoms with Crippen LogP contribution in [-0.4, -0.2) is 40.0 Å². The normalized spacial score (nSPS) is 14.9. The molecular formula is C20H22N4O. The quantitative estimate of drug-likeness (QED) is 0.778. The molecule has 2 heterocycles. The van der Waals surface area contributed by atoms with Gasteiger partial charge in [0.2, 0.25) is 0 Å². The Labute approximate surface area is 147 Å². The van der Waals surface area contributed by atoms with Crippen molar-refractivity contribution in [1.29, 1.82) is 0 Å². The van der Waals surface area contributed by atoms with Crippen molar-refractivity contribution in [2.75, 3.05) is 25.0 Å². The molecule has 1 aliphatic heterocycles. The van der Waals surface area contributed by atoms with Crippen LogP contribution in [0.4, 0.5) is 5.69 Å². The SMILES string of the molecule is O=C(Nc1ccccc1)c1ccc2c(c1)ncn2CCN1CCCC1. The van der Waals surface area contributed by atoms with Crippen molar-refractivity contribution in [3.63, 3.8) is 0 Å². The van der Waals surface area contributed by atoms with E-state index in [2.05, 4.69) is 19.8 Å². The van der Waals surface area contributed by atoms with Crippen molar-refractivity contribution in [1.82, 2.24) is 14.5 Å². The summed E-state index contributed by atoms with van der Waals surface area (Å²) in [6.07, 6.45) is 4.49. The molecule has 0 bridgehead atoms. The van der Waals surface area contributed by atoms with Gasteiger partial charge in [-0.25, -0.2) is 4.98 Å². The molecule has 128 valence electrons. The first-order valence-electron chi connectivity index (χ1n) is 8.83. The molecule has 25 heavy (non-hydrogen) atoms. The second-order valence-corrected chi connectivity index (χ2v) is 6.51. The van der Waals surface area contributed by atoms with Crippen molar-refractivity contribution >= 4 is 22.6 Å². The first kappa shape index (κ1) is 15.8. The lowest BCUT2D eigenvalue weighted by Gasteiger charge is -2.15. The average Bonchev–Trinajstić information content (AvgIpc) is 3.30. The predicted octanol–water partition coefficient (Wildman–Crippen LogP) is 3.38. The van der Waals surface area contributed by atoms with E-state index in [4.69, 9.17) is 0 Å². The highest BCUT2D eigenvalue weighted by molar-refractivity contribution is 6.05. The molecule has 1 aliphatic rings. The predicted molar refractivity (Wildman–Crippen MR) is 99.8 cm³/mol. The lowest BCUT2D eigenvalue weighted by Crippen LogP contribution is -2.23. The summed E-state index contributed by atoms with van der Waals surface area (Å²) in [5.74, 6) is -0.111. The number of nitrogens with one attached hydrogen (secondary N) is 1. The van der Waals surface area contributed by atoms with Gasteiger partial charge in [-0.3, -0.25) is 4.79 Å². The van der Waals surface area contributed by atoms with E-state index in [1.165, 1.54) is 25.9 Å². The third kappa shape index (κ3) is 3.56. The zero-order valence-electron chi connectivity index (χ0n) is 14.2. The van der Waals surface area contributed by atoms with E-state index in [0.717, 1.165) is 29.8 Å². The van der Waals surface area contributed by atoms with Gasteiger partial charge in [0, 0.05) is 24.3 Å². The molecule has 0 unspecified atom stereocenters. The minimum absolute atomic E-state index is 0.111. The van der Waals surface area contributed by atoms with Crippen molar-refractivity contribution in [3.8, 4) is 0 Å². The summed E-state index contributed by atoms with van der Waals surface area (Å²) in [5, 5.41) is 2.91. The van der Waals surface area contributed by atoms with Crippen molar-refractivity contribution in [3.05, 3.63) is 60.4 Å². The maximum atomic E-state index is 12.4. The number of amides is 1. The molecule has 0 radical (unpaired) electrons. The van der Waals surface area contributed by atoms with Crippen LogP contribution in [0.3, 0.4) is 0 Å². The van der Waals surface area contributed by atoms with Gasteiger partial charge in [-0.15, -0.1) is 0 Å². The Hall–Kier alpha value is -2.66. The standard InChI is InChI=1S/C20H22N4O/c25-20(22-17-6-2-1-3-7-17)16-8-9-19-18(14-16)21-15-24(19)13-12-23-10-4-5-11-23/h1-3,6-9,14-15H,4-5,10-13H2,(H,22,25). The van der Waals surface area contributed by atoms with Gasteiger partial charge >= 0.3 is 0 Å². The number of hydrogen-bond donors (Lipinski definition) is 1. The van der Waals surface area contributed by atoms with Gasteiger partial charge in [-0.2, -0.15) is 0 Å². The molecular weight excluding hydrogens is 312 g/mol. The number of imidazole rings is 1. The van der Waals surface area contributed by atoms with Gasteiger partial charge in [0.05, 0.1) is 17.4 Å². The monoisotopic (exact) mass is 334 g/mol. The van der Waals surface area contributed by atoms with E-state index in [0.29, 0.717) is 5.56 Å². The number of para-hydroxylation sites is 1. The number of carbonyl (C=O) groups excluding carboxylic acids is 1. The van der Waals surface area contributed by atoms with E-state index in [-0.39, 0.29) is 5.91 Å². The number of aromatic nitrogens is 2. The Morgan fingerprint density at radius 3 is 2.64 bits per heavy atom. The van der Waals surface area contributed by atoms with Gasteiger partial charge in [-0.1, -0.05) is 18.2 Å². The molecule has 3 aromatic rings. The topological polar surface area (TPSA) is 50.2 Å². The summed E-state index contributed by atoms with van der Waals surface area (Å²) in [6.45, 7) is 4.40. The molecule has 0 aliphatic carbocycles. The molecule has 2 aromatic carbocycles. The fourth-order valence-corrected chi connectivity index (χ4v) is 3.36. The van der Waals surface area contributed by atoms with E-state index >= 15 is 0 Å². The van der Waals surface area contributed by atoms with Crippen LogP contribution in [0.1, 0.15) is 23.2 Å². The number of hydrogen-bond acceptors (Lipinski definition) is 3. The molecule has 1 fully saturated rings. The number of anilines is 1. The minimum Gasteiger partial charge on any atom is -0.329 e. The molecule has 0 atom stereocenters. The van der Waals surface area contributed by atoms with Crippen LogP contribution < -0.4 is 5.32 Å². The van der Waals surface area contributed by atoms with Crippen LogP contribution in [0.5, 0.6) is 0 Å². The van der Waals surface area contributed by atoms with Gasteiger partial charge in [0.25, 0.3) is 5.91 Å². The molecule has 1 N–H and O–H groups in total. The third-order valence-corrected chi connectivity index (χ3v) is 4.77. The van der Waals surface area contributed by atoms with Crippen LogP contribution in [0, 0.1) is 0 Å². The zero-order valence-corrected chi connectivity index (χ0v) is 14.2. The second kappa shape index (κ2) is 7.07. The van der Waals surface area contributed by atoms with E-state index in [1.54, 1.807) is 0 Å². The fraction of sp³-hybridized carbons (Fsp3) is 0.300. The Bertz CT molecular complexity index is 866. The fourth-order valence-electron chi connectivity index (χ4n) is 3.36. The highest BCUT2D eigenvalue weighted by atomic mass is 16.1. The van der Waals surface area contributed by atoms with E-state index in [1.807, 2.05) is 54.9 Å². The largest absolute Gasteiger partial charge is 0.329 e. The van der Waals surface area contributed by atoms with E-state index in [9.17, 15) is 4.79 Å². The van der Waals surface area contributed by atoms with Gasteiger partial charge in [0.15, 0.2) is 0 Å². The summed E-state index contributed by atoms with van der Waals surface area (Å²) < 4.78 is 2.17. The molecule has 5 heteroatoms. The first-order chi connectivity index (χ1) is 12.3. The molecule has 1 amide bonds. The van der Waals surface area contributed by atoms with Gasteiger partial charge < -0.3 is 14.8 Å².